The van der Waals surface area contributed by atoms with Crippen molar-refractivity contribution in [3.63, 3.8) is 0 Å². The zero-order valence-corrected chi connectivity index (χ0v) is 14.5. The molecule has 1 atom stereocenters. The molecule has 0 aromatic carbocycles. The molecule has 1 aromatic heterocycles. The molecule has 1 aliphatic heterocycles. The monoisotopic (exact) mass is 326 g/mol. The normalized spacial score (nSPS) is 17.9. The number of rotatable bonds is 7. The van der Waals surface area contributed by atoms with Crippen LogP contribution in [0.1, 0.15) is 51.0 Å². The molecule has 1 N–H and O–H groups in total. The van der Waals surface area contributed by atoms with E-state index in [9.17, 15) is 4.79 Å². The third-order valence-electron chi connectivity index (χ3n) is 4.16. The average Bonchev–Trinajstić information content (AvgIpc) is 3.18. The fourth-order valence-corrected chi connectivity index (χ4v) is 3.65. The summed E-state index contributed by atoms with van der Waals surface area (Å²) in [4.78, 5) is 14.2. The minimum absolute atomic E-state index is 0.0957. The van der Waals surface area contributed by atoms with Gasteiger partial charge in [0.15, 0.2) is 0 Å². The van der Waals surface area contributed by atoms with E-state index >= 15 is 0 Å². The van der Waals surface area contributed by atoms with Crippen molar-refractivity contribution in [3.05, 3.63) is 5.01 Å². The molecule has 0 saturated carbocycles. The molecule has 0 aliphatic carbocycles. The fourth-order valence-electron chi connectivity index (χ4n) is 2.65. The van der Waals surface area contributed by atoms with E-state index in [0.717, 1.165) is 44.0 Å². The van der Waals surface area contributed by atoms with Crippen LogP contribution < -0.4 is 5.32 Å². The van der Waals surface area contributed by atoms with Crippen molar-refractivity contribution in [1.29, 1.82) is 0 Å². The van der Waals surface area contributed by atoms with Crippen molar-refractivity contribution >= 4 is 22.5 Å². The highest BCUT2D eigenvalue weighted by Crippen LogP contribution is 2.28. The van der Waals surface area contributed by atoms with Crippen LogP contribution in [0.4, 0.5) is 9.93 Å². The van der Waals surface area contributed by atoms with E-state index < -0.39 is 0 Å². The first-order valence-corrected chi connectivity index (χ1v) is 8.96. The number of nitrogens with one attached hydrogen (secondary N) is 1. The lowest BCUT2D eigenvalue weighted by molar-refractivity contribution is 0.171. The maximum absolute atomic E-state index is 12.4. The Morgan fingerprint density at radius 3 is 2.77 bits per heavy atom. The second kappa shape index (κ2) is 8.43. The predicted octanol–water partition coefficient (Wildman–Crippen LogP) is 3.33. The standard InChI is InChI=1S/C15H26N4O2S/c1-4-12(5-2)13-17-18-14(22-13)16-15(20)19(6-3)9-11-7-8-21-10-11/h11-12H,4-10H2,1-3H3,(H,16,18,20)/t11-/m1/s1. The first-order valence-electron chi connectivity index (χ1n) is 8.14. The zero-order valence-electron chi connectivity index (χ0n) is 13.7. The van der Waals surface area contributed by atoms with Gasteiger partial charge in [0, 0.05) is 31.5 Å². The third kappa shape index (κ3) is 4.39. The first kappa shape index (κ1) is 17.1. The second-order valence-electron chi connectivity index (χ2n) is 5.66. The van der Waals surface area contributed by atoms with Crippen molar-refractivity contribution in [1.82, 2.24) is 15.1 Å². The van der Waals surface area contributed by atoms with Gasteiger partial charge in [-0.05, 0) is 26.2 Å². The number of carbonyl (C=O) groups excluding carboxylic acids is 1. The lowest BCUT2D eigenvalue weighted by Crippen LogP contribution is -2.38. The second-order valence-corrected chi connectivity index (χ2v) is 6.67. The molecule has 0 unspecified atom stereocenters. The van der Waals surface area contributed by atoms with E-state index in [2.05, 4.69) is 29.4 Å². The average molecular weight is 326 g/mol. The van der Waals surface area contributed by atoms with Crippen molar-refractivity contribution in [2.45, 2.75) is 46.0 Å². The molecule has 1 aliphatic rings. The van der Waals surface area contributed by atoms with Crippen LogP contribution >= 0.6 is 11.3 Å². The molecule has 1 saturated heterocycles. The highest BCUT2D eigenvalue weighted by atomic mass is 32.1. The van der Waals surface area contributed by atoms with Crippen LogP contribution in [-0.4, -0.2) is 47.4 Å². The molecule has 124 valence electrons. The Hall–Kier alpha value is -1.21. The zero-order chi connectivity index (χ0) is 15.9. The van der Waals surface area contributed by atoms with Crippen molar-refractivity contribution in [2.24, 2.45) is 5.92 Å². The molecule has 2 heterocycles. The predicted molar refractivity (Wildman–Crippen MR) is 88.4 cm³/mol. The Bertz CT molecular complexity index is 470. The number of hydrogen-bond acceptors (Lipinski definition) is 5. The van der Waals surface area contributed by atoms with Gasteiger partial charge in [-0.1, -0.05) is 25.2 Å². The summed E-state index contributed by atoms with van der Waals surface area (Å²) in [6, 6.07) is -0.0957. The summed E-state index contributed by atoms with van der Waals surface area (Å²) in [5.41, 5.74) is 0. The summed E-state index contributed by atoms with van der Waals surface area (Å²) in [5, 5.41) is 12.8. The van der Waals surface area contributed by atoms with Crippen molar-refractivity contribution in [3.8, 4) is 0 Å². The lowest BCUT2D eigenvalue weighted by atomic mass is 10.1. The van der Waals surface area contributed by atoms with E-state index in [1.54, 1.807) is 0 Å². The quantitative estimate of drug-likeness (QED) is 0.834. The molecular formula is C15H26N4O2S. The van der Waals surface area contributed by atoms with Gasteiger partial charge >= 0.3 is 6.03 Å². The van der Waals surface area contributed by atoms with Gasteiger partial charge in [0.05, 0.1) is 6.61 Å². The lowest BCUT2D eigenvalue weighted by Gasteiger charge is -2.23. The van der Waals surface area contributed by atoms with Gasteiger partial charge in [-0.2, -0.15) is 0 Å². The number of aromatic nitrogens is 2. The van der Waals surface area contributed by atoms with Crippen LogP contribution in [0.15, 0.2) is 0 Å². The Kier molecular flexibility index (Phi) is 6.57. The van der Waals surface area contributed by atoms with E-state index in [4.69, 9.17) is 4.74 Å². The summed E-state index contributed by atoms with van der Waals surface area (Å²) in [6.07, 6.45) is 3.12. The Balaban J connectivity index is 1.91. The Morgan fingerprint density at radius 1 is 1.41 bits per heavy atom. The smallest absolute Gasteiger partial charge is 0.323 e. The molecule has 7 heteroatoms. The molecule has 6 nitrogen and oxygen atoms in total. The van der Waals surface area contributed by atoms with Gasteiger partial charge in [-0.25, -0.2) is 4.79 Å². The SMILES string of the molecule is CCC(CC)c1nnc(NC(=O)N(CC)C[C@H]2CCOC2)s1. The number of amides is 2. The van der Waals surface area contributed by atoms with E-state index in [1.807, 2.05) is 11.8 Å². The number of anilines is 1. The van der Waals surface area contributed by atoms with Gasteiger partial charge < -0.3 is 9.64 Å². The van der Waals surface area contributed by atoms with E-state index in [0.29, 0.717) is 23.5 Å². The molecular weight excluding hydrogens is 300 g/mol. The molecule has 0 spiro atoms. The minimum Gasteiger partial charge on any atom is -0.381 e. The van der Waals surface area contributed by atoms with E-state index in [-0.39, 0.29) is 6.03 Å². The van der Waals surface area contributed by atoms with Crippen LogP contribution in [0.3, 0.4) is 0 Å². The molecule has 22 heavy (non-hydrogen) atoms. The van der Waals surface area contributed by atoms with Crippen molar-refractivity contribution < 1.29 is 9.53 Å². The van der Waals surface area contributed by atoms with Crippen LogP contribution in [0, 0.1) is 5.92 Å². The van der Waals surface area contributed by atoms with Gasteiger partial charge in [-0.3, -0.25) is 5.32 Å². The number of urea groups is 1. The number of nitrogens with zero attached hydrogens (tertiary/aromatic N) is 3. The van der Waals surface area contributed by atoms with Gasteiger partial charge in [0.25, 0.3) is 0 Å². The number of carbonyl (C=O) groups is 1. The van der Waals surface area contributed by atoms with Crippen LogP contribution in [0.2, 0.25) is 0 Å². The number of ether oxygens (including phenoxy) is 1. The molecule has 2 rings (SSSR count). The fraction of sp³-hybridized carbons (Fsp3) is 0.800. The highest BCUT2D eigenvalue weighted by Gasteiger charge is 2.22. The first-order chi connectivity index (χ1) is 10.7. The summed E-state index contributed by atoms with van der Waals surface area (Å²) >= 11 is 1.48. The maximum Gasteiger partial charge on any atom is 0.323 e. The minimum atomic E-state index is -0.0957. The highest BCUT2D eigenvalue weighted by molar-refractivity contribution is 7.15. The topological polar surface area (TPSA) is 67.4 Å². The van der Waals surface area contributed by atoms with Gasteiger partial charge in [-0.15, -0.1) is 10.2 Å². The van der Waals surface area contributed by atoms with Gasteiger partial charge in [0.2, 0.25) is 5.13 Å². The molecule has 0 bridgehead atoms. The molecule has 1 aromatic rings. The summed E-state index contributed by atoms with van der Waals surface area (Å²) < 4.78 is 5.38. The number of hydrogen-bond donors (Lipinski definition) is 1. The summed E-state index contributed by atoms with van der Waals surface area (Å²) in [6.45, 7) is 9.26. The van der Waals surface area contributed by atoms with Crippen LogP contribution in [-0.2, 0) is 4.74 Å². The summed E-state index contributed by atoms with van der Waals surface area (Å²) in [5.74, 6) is 0.876. The van der Waals surface area contributed by atoms with E-state index in [1.165, 1.54) is 11.3 Å². The largest absolute Gasteiger partial charge is 0.381 e. The van der Waals surface area contributed by atoms with Crippen LogP contribution in [0.5, 0.6) is 0 Å². The maximum atomic E-state index is 12.4. The molecule has 2 amide bonds. The van der Waals surface area contributed by atoms with Crippen molar-refractivity contribution in [2.75, 3.05) is 31.6 Å². The molecule has 0 radical (unpaired) electrons. The Morgan fingerprint density at radius 2 is 2.18 bits per heavy atom. The van der Waals surface area contributed by atoms with Crippen LogP contribution in [0.25, 0.3) is 0 Å². The summed E-state index contributed by atoms with van der Waals surface area (Å²) in [7, 11) is 0. The Labute approximate surface area is 136 Å². The third-order valence-corrected chi connectivity index (χ3v) is 5.16. The van der Waals surface area contributed by atoms with Gasteiger partial charge in [0.1, 0.15) is 5.01 Å². The molecule has 1 fully saturated rings.